The molecule has 0 saturated carbocycles. The summed E-state index contributed by atoms with van der Waals surface area (Å²) in [6, 6.07) is 7.81. The van der Waals surface area contributed by atoms with Gasteiger partial charge in [-0.1, -0.05) is 0 Å². The standard InChI is InChI=1S/C17H17N5O2S/c18-10-13(11-19)14(12-20)17-15(21-1-5-23-6-2-21)9-16(25-17)22-3-7-24-8-4-22/h9H,1-8H2. The van der Waals surface area contributed by atoms with Gasteiger partial charge in [0, 0.05) is 26.2 Å². The van der Waals surface area contributed by atoms with Gasteiger partial charge in [-0.15, -0.1) is 11.3 Å². The molecule has 0 aromatic carbocycles. The normalized spacial score (nSPS) is 17.3. The molecule has 0 radical (unpaired) electrons. The highest BCUT2D eigenvalue weighted by Crippen LogP contribution is 2.41. The van der Waals surface area contributed by atoms with Crippen LogP contribution in [0.3, 0.4) is 0 Å². The minimum Gasteiger partial charge on any atom is -0.378 e. The number of hydrogen-bond acceptors (Lipinski definition) is 8. The molecule has 2 aliphatic rings. The van der Waals surface area contributed by atoms with Crippen LogP contribution in [0.4, 0.5) is 10.7 Å². The molecule has 8 heteroatoms. The van der Waals surface area contributed by atoms with Crippen molar-refractivity contribution in [1.82, 2.24) is 0 Å². The second-order valence-electron chi connectivity index (χ2n) is 5.58. The topological polar surface area (TPSA) is 96.3 Å². The summed E-state index contributed by atoms with van der Waals surface area (Å²) in [6.45, 7) is 5.60. The van der Waals surface area contributed by atoms with Crippen LogP contribution in [-0.4, -0.2) is 52.6 Å². The van der Waals surface area contributed by atoms with Crippen LogP contribution < -0.4 is 9.80 Å². The Morgan fingerprint density at radius 2 is 1.44 bits per heavy atom. The summed E-state index contributed by atoms with van der Waals surface area (Å²) >= 11 is 1.46. The number of ether oxygens (including phenoxy) is 2. The van der Waals surface area contributed by atoms with Crippen molar-refractivity contribution < 1.29 is 9.47 Å². The van der Waals surface area contributed by atoms with Crippen molar-refractivity contribution >= 4 is 27.6 Å². The first-order valence-electron chi connectivity index (χ1n) is 8.02. The molecule has 2 fully saturated rings. The van der Waals surface area contributed by atoms with Gasteiger partial charge in [0.05, 0.1) is 47.6 Å². The lowest BCUT2D eigenvalue weighted by Crippen LogP contribution is -2.37. The highest BCUT2D eigenvalue weighted by molar-refractivity contribution is 7.17. The maximum Gasteiger partial charge on any atom is 0.148 e. The van der Waals surface area contributed by atoms with E-state index in [9.17, 15) is 15.8 Å². The Kier molecular flexibility index (Phi) is 5.53. The quantitative estimate of drug-likeness (QED) is 0.762. The molecule has 0 unspecified atom stereocenters. The van der Waals surface area contributed by atoms with Crippen molar-refractivity contribution in [2.45, 2.75) is 0 Å². The van der Waals surface area contributed by atoms with E-state index >= 15 is 0 Å². The second kappa shape index (κ2) is 8.00. The van der Waals surface area contributed by atoms with Gasteiger partial charge < -0.3 is 19.3 Å². The molecule has 7 nitrogen and oxygen atoms in total. The molecule has 0 N–H and O–H groups in total. The molecule has 0 spiro atoms. The molecular formula is C17H17N5O2S. The minimum atomic E-state index is -0.146. The number of nitrogens with zero attached hydrogens (tertiary/aromatic N) is 5. The Labute approximate surface area is 150 Å². The van der Waals surface area contributed by atoms with Crippen LogP contribution in [0, 0.1) is 34.0 Å². The van der Waals surface area contributed by atoms with Crippen LogP contribution >= 0.6 is 11.3 Å². The van der Waals surface area contributed by atoms with Crippen LogP contribution in [0.2, 0.25) is 0 Å². The number of morpholine rings is 2. The van der Waals surface area contributed by atoms with E-state index in [1.165, 1.54) is 11.3 Å². The first-order valence-corrected chi connectivity index (χ1v) is 8.84. The molecule has 2 aliphatic heterocycles. The van der Waals surface area contributed by atoms with Crippen LogP contribution in [0.1, 0.15) is 4.88 Å². The van der Waals surface area contributed by atoms with E-state index in [4.69, 9.17) is 9.47 Å². The average molecular weight is 355 g/mol. The van der Waals surface area contributed by atoms with Crippen LogP contribution in [0.25, 0.3) is 5.57 Å². The average Bonchev–Trinajstić information content (AvgIpc) is 3.12. The predicted octanol–water partition coefficient (Wildman–Crippen LogP) is 1.75. The molecule has 128 valence electrons. The fourth-order valence-corrected chi connectivity index (χ4v) is 4.12. The Balaban J connectivity index is 2.07. The van der Waals surface area contributed by atoms with Crippen molar-refractivity contribution in [1.29, 1.82) is 15.8 Å². The molecular weight excluding hydrogens is 338 g/mol. The molecule has 25 heavy (non-hydrogen) atoms. The van der Waals surface area contributed by atoms with Gasteiger partial charge in [0.25, 0.3) is 0 Å². The lowest BCUT2D eigenvalue weighted by molar-refractivity contribution is 0.122. The van der Waals surface area contributed by atoms with Gasteiger partial charge in [0.2, 0.25) is 0 Å². The van der Waals surface area contributed by atoms with E-state index in [0.717, 1.165) is 36.9 Å². The van der Waals surface area contributed by atoms with Crippen LogP contribution in [0.5, 0.6) is 0 Å². The summed E-state index contributed by atoms with van der Waals surface area (Å²) in [5, 5.41) is 29.0. The van der Waals surface area contributed by atoms with Gasteiger partial charge in [0.15, 0.2) is 0 Å². The summed E-state index contributed by atoms with van der Waals surface area (Å²) < 4.78 is 10.8. The smallest absolute Gasteiger partial charge is 0.148 e. The molecule has 3 heterocycles. The van der Waals surface area contributed by atoms with Crippen LogP contribution in [-0.2, 0) is 9.47 Å². The van der Waals surface area contributed by atoms with Crippen molar-refractivity contribution in [2.24, 2.45) is 0 Å². The van der Waals surface area contributed by atoms with Gasteiger partial charge in [0.1, 0.15) is 23.8 Å². The Hall–Kier alpha value is -2.57. The highest BCUT2D eigenvalue weighted by atomic mass is 32.1. The number of anilines is 2. The number of nitriles is 3. The summed E-state index contributed by atoms with van der Waals surface area (Å²) in [4.78, 5) is 5.06. The molecule has 1 aromatic heterocycles. The van der Waals surface area contributed by atoms with Crippen molar-refractivity contribution in [2.75, 3.05) is 62.4 Å². The molecule has 0 bridgehead atoms. The maximum absolute atomic E-state index is 9.57. The van der Waals surface area contributed by atoms with Gasteiger partial charge in [-0.05, 0) is 6.07 Å². The zero-order valence-corrected chi connectivity index (χ0v) is 14.5. The third-order valence-electron chi connectivity index (χ3n) is 4.19. The van der Waals surface area contributed by atoms with E-state index in [1.54, 1.807) is 0 Å². The number of thiophene rings is 1. The molecule has 1 aromatic rings. The van der Waals surface area contributed by atoms with E-state index in [0.29, 0.717) is 31.3 Å². The van der Waals surface area contributed by atoms with Gasteiger partial charge in [-0.2, -0.15) is 15.8 Å². The SMILES string of the molecule is N#CC(C#N)=C(C#N)c1sc(N2CCOCC2)cc1N1CCOCC1. The Morgan fingerprint density at radius 1 is 0.880 bits per heavy atom. The van der Waals surface area contributed by atoms with Crippen molar-refractivity contribution in [3.8, 4) is 18.2 Å². The largest absolute Gasteiger partial charge is 0.378 e. The first kappa shape index (κ1) is 17.3. The monoisotopic (exact) mass is 355 g/mol. The number of allylic oxidation sites excluding steroid dienone is 2. The lowest BCUT2D eigenvalue weighted by atomic mass is 10.1. The summed E-state index contributed by atoms with van der Waals surface area (Å²) in [7, 11) is 0. The number of hydrogen-bond donors (Lipinski definition) is 0. The van der Waals surface area contributed by atoms with Crippen LogP contribution in [0.15, 0.2) is 11.6 Å². The van der Waals surface area contributed by atoms with Crippen molar-refractivity contribution in [3.05, 3.63) is 16.5 Å². The zero-order valence-electron chi connectivity index (χ0n) is 13.7. The van der Waals surface area contributed by atoms with E-state index in [-0.39, 0.29) is 11.1 Å². The molecule has 2 saturated heterocycles. The summed E-state index contributed by atoms with van der Waals surface area (Å²) in [5.41, 5.74) is 0.901. The summed E-state index contributed by atoms with van der Waals surface area (Å²) in [6.07, 6.45) is 0. The van der Waals surface area contributed by atoms with E-state index in [1.807, 2.05) is 12.1 Å². The fourth-order valence-electron chi connectivity index (χ4n) is 2.88. The van der Waals surface area contributed by atoms with Gasteiger partial charge in [-0.3, -0.25) is 0 Å². The molecule has 0 aliphatic carbocycles. The Morgan fingerprint density at radius 3 is 1.96 bits per heavy atom. The Bertz CT molecular complexity index is 767. The fraction of sp³-hybridized carbons (Fsp3) is 0.471. The second-order valence-corrected chi connectivity index (χ2v) is 6.61. The van der Waals surface area contributed by atoms with Gasteiger partial charge in [-0.25, -0.2) is 0 Å². The molecule has 0 amide bonds. The lowest BCUT2D eigenvalue weighted by Gasteiger charge is -2.29. The van der Waals surface area contributed by atoms with Crippen molar-refractivity contribution in [3.63, 3.8) is 0 Å². The van der Waals surface area contributed by atoms with Gasteiger partial charge >= 0.3 is 0 Å². The zero-order chi connectivity index (χ0) is 17.6. The van der Waals surface area contributed by atoms with E-state index < -0.39 is 0 Å². The predicted molar refractivity (Wildman–Crippen MR) is 94.1 cm³/mol. The summed E-state index contributed by atoms with van der Waals surface area (Å²) in [5.74, 6) is 0. The highest BCUT2D eigenvalue weighted by Gasteiger charge is 2.25. The van der Waals surface area contributed by atoms with E-state index in [2.05, 4.69) is 21.9 Å². The minimum absolute atomic E-state index is 0.146. The maximum atomic E-state index is 9.57. The molecule has 0 atom stereocenters. The third-order valence-corrected chi connectivity index (χ3v) is 5.39. The first-order chi connectivity index (χ1) is 12.3. The molecule has 3 rings (SSSR count). The third kappa shape index (κ3) is 3.60. The number of rotatable bonds is 3.